The summed E-state index contributed by atoms with van der Waals surface area (Å²) in [5, 5.41) is 14.0. The first-order valence-electron chi connectivity index (χ1n) is 5.14. The quantitative estimate of drug-likeness (QED) is 0.295. The zero-order chi connectivity index (χ0) is 12.9. The Bertz CT molecular complexity index is 269. The number of nitrogens with zero attached hydrogens (tertiary/aromatic N) is 1. The van der Waals surface area contributed by atoms with Gasteiger partial charge in [0.15, 0.2) is 5.84 Å². The van der Waals surface area contributed by atoms with Crippen LogP contribution in [-0.4, -0.2) is 28.8 Å². The second kappa shape index (κ2) is 5.58. The Morgan fingerprint density at radius 3 is 2.25 bits per heavy atom. The molecule has 0 radical (unpaired) electrons. The number of hydrogen-bond donors (Lipinski definition) is 3. The number of nitrogens with two attached hydrogens (primary N) is 1. The third-order valence-corrected chi connectivity index (χ3v) is 1.77. The number of rotatable bonds is 3. The van der Waals surface area contributed by atoms with Crippen molar-refractivity contribution in [3.05, 3.63) is 0 Å². The normalized spacial score (nSPS) is 14.8. The van der Waals surface area contributed by atoms with Crippen molar-refractivity contribution in [1.29, 1.82) is 0 Å². The SMILES string of the molecule is CC(C)C(NC(=O)OC(C)(C)C)/C(N)=N/O. The van der Waals surface area contributed by atoms with Gasteiger partial charge in [0.25, 0.3) is 0 Å². The van der Waals surface area contributed by atoms with E-state index in [1.54, 1.807) is 20.8 Å². The van der Waals surface area contributed by atoms with Gasteiger partial charge in [0.05, 0.1) is 6.04 Å². The Hall–Kier alpha value is -1.46. The van der Waals surface area contributed by atoms with Gasteiger partial charge in [0.1, 0.15) is 5.60 Å². The smallest absolute Gasteiger partial charge is 0.408 e. The van der Waals surface area contributed by atoms with Crippen molar-refractivity contribution in [3.63, 3.8) is 0 Å². The molecule has 1 atom stereocenters. The van der Waals surface area contributed by atoms with Gasteiger partial charge >= 0.3 is 6.09 Å². The van der Waals surface area contributed by atoms with Gasteiger partial charge in [-0.3, -0.25) is 0 Å². The fourth-order valence-corrected chi connectivity index (χ4v) is 1.08. The van der Waals surface area contributed by atoms with Crippen molar-refractivity contribution in [3.8, 4) is 0 Å². The number of amides is 1. The first-order valence-corrected chi connectivity index (χ1v) is 5.14. The van der Waals surface area contributed by atoms with E-state index in [4.69, 9.17) is 15.7 Å². The fourth-order valence-electron chi connectivity index (χ4n) is 1.08. The van der Waals surface area contributed by atoms with E-state index < -0.39 is 17.7 Å². The van der Waals surface area contributed by atoms with Crippen LogP contribution < -0.4 is 11.1 Å². The maximum atomic E-state index is 11.5. The molecule has 0 rings (SSSR count). The van der Waals surface area contributed by atoms with Crippen LogP contribution in [-0.2, 0) is 4.74 Å². The number of carbonyl (C=O) groups is 1. The Labute approximate surface area is 95.8 Å². The summed E-state index contributed by atoms with van der Waals surface area (Å²) in [6, 6.07) is -0.542. The number of alkyl carbamates (subject to hydrolysis) is 1. The first kappa shape index (κ1) is 14.5. The molecule has 6 nitrogen and oxygen atoms in total. The Kier molecular flexibility index (Phi) is 5.07. The summed E-state index contributed by atoms with van der Waals surface area (Å²) in [6.07, 6.45) is -0.585. The molecule has 1 amide bonds. The molecule has 16 heavy (non-hydrogen) atoms. The Balaban J connectivity index is 4.48. The third-order valence-electron chi connectivity index (χ3n) is 1.77. The molecule has 0 aromatic carbocycles. The van der Waals surface area contributed by atoms with Crippen molar-refractivity contribution in [2.24, 2.45) is 16.8 Å². The molecule has 0 aliphatic heterocycles. The number of carbonyl (C=O) groups excluding carboxylic acids is 1. The summed E-state index contributed by atoms with van der Waals surface area (Å²) in [5.74, 6) is -0.0377. The summed E-state index contributed by atoms with van der Waals surface area (Å²) in [6.45, 7) is 8.99. The molecule has 0 aliphatic rings. The lowest BCUT2D eigenvalue weighted by Crippen LogP contribution is -2.49. The van der Waals surface area contributed by atoms with Gasteiger partial charge in [0, 0.05) is 0 Å². The predicted molar refractivity (Wildman–Crippen MR) is 61.4 cm³/mol. The molecule has 6 heteroatoms. The summed E-state index contributed by atoms with van der Waals surface area (Å²) >= 11 is 0. The number of hydrogen-bond acceptors (Lipinski definition) is 4. The molecule has 0 aromatic heterocycles. The lowest BCUT2D eigenvalue weighted by molar-refractivity contribution is 0.0507. The summed E-state index contributed by atoms with van der Waals surface area (Å²) in [7, 11) is 0. The van der Waals surface area contributed by atoms with Crippen LogP contribution >= 0.6 is 0 Å². The van der Waals surface area contributed by atoms with Gasteiger partial charge < -0.3 is 21.0 Å². The molecule has 0 aliphatic carbocycles. The molecule has 0 heterocycles. The largest absolute Gasteiger partial charge is 0.444 e. The van der Waals surface area contributed by atoms with E-state index in [-0.39, 0.29) is 11.8 Å². The molecule has 0 saturated carbocycles. The Morgan fingerprint density at radius 1 is 1.44 bits per heavy atom. The maximum Gasteiger partial charge on any atom is 0.408 e. The number of amidine groups is 1. The Morgan fingerprint density at radius 2 is 1.94 bits per heavy atom. The van der Waals surface area contributed by atoms with Crippen LogP contribution in [0.5, 0.6) is 0 Å². The summed E-state index contributed by atoms with van der Waals surface area (Å²) < 4.78 is 5.07. The molecule has 0 spiro atoms. The minimum absolute atomic E-state index is 0.00317. The van der Waals surface area contributed by atoms with Gasteiger partial charge in [-0.1, -0.05) is 19.0 Å². The minimum Gasteiger partial charge on any atom is -0.444 e. The van der Waals surface area contributed by atoms with Gasteiger partial charge in [-0.2, -0.15) is 0 Å². The van der Waals surface area contributed by atoms with Gasteiger partial charge in [0.2, 0.25) is 0 Å². The molecule has 0 aromatic rings. The van der Waals surface area contributed by atoms with E-state index >= 15 is 0 Å². The van der Waals surface area contributed by atoms with Crippen molar-refractivity contribution in [1.82, 2.24) is 5.32 Å². The highest BCUT2D eigenvalue weighted by molar-refractivity contribution is 5.88. The monoisotopic (exact) mass is 231 g/mol. The zero-order valence-electron chi connectivity index (χ0n) is 10.4. The van der Waals surface area contributed by atoms with E-state index in [1.807, 2.05) is 13.8 Å². The molecule has 0 fully saturated rings. The van der Waals surface area contributed by atoms with E-state index in [0.717, 1.165) is 0 Å². The number of oxime groups is 1. The number of ether oxygens (including phenoxy) is 1. The van der Waals surface area contributed by atoms with Crippen molar-refractivity contribution in [2.75, 3.05) is 0 Å². The molecule has 0 saturated heterocycles. The van der Waals surface area contributed by atoms with Crippen LogP contribution in [0, 0.1) is 5.92 Å². The van der Waals surface area contributed by atoms with Crippen LogP contribution in [0.15, 0.2) is 5.16 Å². The third kappa shape index (κ3) is 5.43. The molecule has 94 valence electrons. The highest BCUT2D eigenvalue weighted by Crippen LogP contribution is 2.08. The molecular weight excluding hydrogens is 210 g/mol. The zero-order valence-corrected chi connectivity index (χ0v) is 10.4. The summed E-state index contributed by atoms with van der Waals surface area (Å²) in [5.41, 5.74) is 4.89. The van der Waals surface area contributed by atoms with Crippen molar-refractivity contribution in [2.45, 2.75) is 46.3 Å². The fraction of sp³-hybridized carbons (Fsp3) is 0.800. The predicted octanol–water partition coefficient (Wildman–Crippen LogP) is 1.28. The highest BCUT2D eigenvalue weighted by Gasteiger charge is 2.24. The van der Waals surface area contributed by atoms with Crippen LogP contribution in [0.2, 0.25) is 0 Å². The van der Waals surface area contributed by atoms with E-state index in [0.29, 0.717) is 0 Å². The van der Waals surface area contributed by atoms with Crippen LogP contribution in [0.3, 0.4) is 0 Å². The average Bonchev–Trinajstić information content (AvgIpc) is 2.09. The maximum absolute atomic E-state index is 11.5. The summed E-state index contributed by atoms with van der Waals surface area (Å²) in [4.78, 5) is 11.5. The minimum atomic E-state index is -0.585. The standard InChI is InChI=1S/C10H21N3O3/c1-6(2)7(8(11)13-15)12-9(14)16-10(3,4)5/h6-7,15H,1-5H3,(H2,11,13)(H,12,14). The lowest BCUT2D eigenvalue weighted by Gasteiger charge is -2.24. The van der Waals surface area contributed by atoms with Crippen molar-refractivity contribution >= 4 is 11.9 Å². The molecule has 0 bridgehead atoms. The van der Waals surface area contributed by atoms with Crippen LogP contribution in [0.4, 0.5) is 4.79 Å². The van der Waals surface area contributed by atoms with E-state index in [2.05, 4.69) is 10.5 Å². The second-order valence-corrected chi connectivity index (χ2v) is 4.89. The topological polar surface area (TPSA) is 96.9 Å². The van der Waals surface area contributed by atoms with Crippen molar-refractivity contribution < 1.29 is 14.7 Å². The first-order chi connectivity index (χ1) is 7.17. The molecular formula is C10H21N3O3. The number of nitrogens with one attached hydrogen (secondary N) is 1. The van der Waals surface area contributed by atoms with Gasteiger partial charge in [-0.15, -0.1) is 0 Å². The average molecular weight is 231 g/mol. The van der Waals surface area contributed by atoms with E-state index in [1.165, 1.54) is 0 Å². The van der Waals surface area contributed by atoms with E-state index in [9.17, 15) is 4.79 Å². The van der Waals surface area contributed by atoms with Crippen LogP contribution in [0.1, 0.15) is 34.6 Å². The molecule has 1 unspecified atom stereocenters. The second-order valence-electron chi connectivity index (χ2n) is 4.89. The van der Waals surface area contributed by atoms with Gasteiger partial charge in [-0.25, -0.2) is 4.79 Å². The lowest BCUT2D eigenvalue weighted by atomic mass is 10.0. The van der Waals surface area contributed by atoms with Gasteiger partial charge in [-0.05, 0) is 26.7 Å². The highest BCUT2D eigenvalue weighted by atomic mass is 16.6. The van der Waals surface area contributed by atoms with Crippen LogP contribution in [0.25, 0.3) is 0 Å². The molecule has 4 N–H and O–H groups in total.